The molecule has 0 fully saturated rings. The van der Waals surface area contributed by atoms with Crippen molar-refractivity contribution in [2.45, 2.75) is 40.7 Å². The molecule has 1 amide bonds. The molecular formula is C16H24N2O3. The van der Waals surface area contributed by atoms with Crippen LogP contribution in [0.3, 0.4) is 0 Å². The van der Waals surface area contributed by atoms with Crippen LogP contribution in [0.25, 0.3) is 0 Å². The van der Waals surface area contributed by atoms with E-state index in [1.54, 1.807) is 13.8 Å². The molecule has 0 radical (unpaired) electrons. The summed E-state index contributed by atoms with van der Waals surface area (Å²) >= 11 is 0. The molecule has 1 unspecified atom stereocenters. The summed E-state index contributed by atoms with van der Waals surface area (Å²) in [5.74, 6) is -1.27. The van der Waals surface area contributed by atoms with E-state index in [1.165, 1.54) is 0 Å². The van der Waals surface area contributed by atoms with Crippen LogP contribution in [0.4, 0.5) is 5.69 Å². The van der Waals surface area contributed by atoms with Crippen LogP contribution >= 0.6 is 0 Å². The van der Waals surface area contributed by atoms with Crippen molar-refractivity contribution in [3.8, 4) is 0 Å². The number of hydrogen-bond acceptors (Lipinski definition) is 3. The molecule has 0 saturated heterocycles. The molecule has 3 N–H and O–H groups in total. The first-order valence-electron chi connectivity index (χ1n) is 7.06. The van der Waals surface area contributed by atoms with Gasteiger partial charge in [-0.25, -0.2) is 0 Å². The highest BCUT2D eigenvalue weighted by atomic mass is 16.4. The van der Waals surface area contributed by atoms with Crippen LogP contribution in [-0.2, 0) is 9.59 Å². The number of anilines is 1. The Labute approximate surface area is 125 Å². The first kappa shape index (κ1) is 17.2. The highest BCUT2D eigenvalue weighted by molar-refractivity contribution is 5.94. The molecule has 1 atom stereocenters. The lowest BCUT2D eigenvalue weighted by Crippen LogP contribution is -2.44. The Morgan fingerprint density at radius 1 is 1.14 bits per heavy atom. The number of carbonyl (C=O) groups is 2. The fraction of sp³-hybridized carbons (Fsp3) is 0.500. The molecule has 1 rings (SSSR count). The van der Waals surface area contributed by atoms with Crippen LogP contribution in [0.1, 0.15) is 30.5 Å². The summed E-state index contributed by atoms with van der Waals surface area (Å²) in [7, 11) is 0. The van der Waals surface area contributed by atoms with Gasteiger partial charge in [-0.1, -0.05) is 31.5 Å². The van der Waals surface area contributed by atoms with E-state index in [-0.39, 0.29) is 18.4 Å². The van der Waals surface area contributed by atoms with Crippen LogP contribution in [-0.4, -0.2) is 29.6 Å². The normalized spacial score (nSPS) is 12.3. The average Bonchev–Trinajstić information content (AvgIpc) is 2.33. The van der Waals surface area contributed by atoms with Gasteiger partial charge in [-0.05, 0) is 37.8 Å². The van der Waals surface area contributed by atoms with Crippen LogP contribution in [0.15, 0.2) is 12.1 Å². The van der Waals surface area contributed by atoms with Crippen molar-refractivity contribution in [3.63, 3.8) is 0 Å². The van der Waals surface area contributed by atoms with E-state index in [0.717, 1.165) is 22.4 Å². The Bertz CT molecular complexity index is 515. The van der Waals surface area contributed by atoms with Crippen LogP contribution in [0, 0.1) is 26.7 Å². The van der Waals surface area contributed by atoms with Gasteiger partial charge in [0.1, 0.15) is 6.04 Å². The monoisotopic (exact) mass is 292 g/mol. The molecule has 0 aromatic heterocycles. The van der Waals surface area contributed by atoms with Gasteiger partial charge in [0.05, 0.1) is 6.54 Å². The van der Waals surface area contributed by atoms with E-state index >= 15 is 0 Å². The number of benzene rings is 1. The van der Waals surface area contributed by atoms with Gasteiger partial charge in [0, 0.05) is 5.69 Å². The highest BCUT2D eigenvalue weighted by Gasteiger charge is 2.21. The molecule has 0 saturated carbocycles. The summed E-state index contributed by atoms with van der Waals surface area (Å²) < 4.78 is 0. The predicted octanol–water partition coefficient (Wildman–Crippen LogP) is 2.25. The number of carboxylic acids is 1. The fourth-order valence-electron chi connectivity index (χ4n) is 2.37. The lowest BCUT2D eigenvalue weighted by atomic mass is 10.0. The summed E-state index contributed by atoms with van der Waals surface area (Å²) in [6, 6.07) is 3.28. The van der Waals surface area contributed by atoms with Crippen molar-refractivity contribution in [1.29, 1.82) is 0 Å². The van der Waals surface area contributed by atoms with Crippen LogP contribution in [0.2, 0.25) is 0 Å². The predicted molar refractivity (Wildman–Crippen MR) is 83.5 cm³/mol. The first-order chi connectivity index (χ1) is 9.72. The zero-order chi connectivity index (χ0) is 16.2. The molecule has 1 aromatic carbocycles. The van der Waals surface area contributed by atoms with Crippen molar-refractivity contribution >= 4 is 17.6 Å². The smallest absolute Gasteiger partial charge is 0.320 e. The largest absolute Gasteiger partial charge is 0.480 e. The Morgan fingerprint density at radius 2 is 1.67 bits per heavy atom. The van der Waals surface area contributed by atoms with E-state index in [4.69, 9.17) is 5.11 Å². The summed E-state index contributed by atoms with van der Waals surface area (Å²) in [4.78, 5) is 23.0. The van der Waals surface area contributed by atoms with Gasteiger partial charge < -0.3 is 10.4 Å². The number of aryl methyl sites for hydroxylation is 3. The quantitative estimate of drug-likeness (QED) is 0.751. The number of nitrogens with one attached hydrogen (secondary N) is 2. The number of carbonyl (C=O) groups excluding carboxylic acids is 1. The molecule has 0 aliphatic heterocycles. The van der Waals surface area contributed by atoms with Crippen LogP contribution < -0.4 is 10.6 Å². The lowest BCUT2D eigenvalue weighted by Gasteiger charge is -2.18. The zero-order valence-electron chi connectivity index (χ0n) is 13.3. The maximum Gasteiger partial charge on any atom is 0.320 e. The second-order valence-corrected chi connectivity index (χ2v) is 5.76. The Balaban J connectivity index is 2.69. The second-order valence-electron chi connectivity index (χ2n) is 5.76. The zero-order valence-corrected chi connectivity index (χ0v) is 13.3. The van der Waals surface area contributed by atoms with Gasteiger partial charge in [0.2, 0.25) is 5.91 Å². The topological polar surface area (TPSA) is 78.4 Å². The molecular weight excluding hydrogens is 268 g/mol. The van der Waals surface area contributed by atoms with Crippen LogP contribution in [0.5, 0.6) is 0 Å². The third-order valence-corrected chi connectivity index (χ3v) is 3.36. The van der Waals surface area contributed by atoms with Crippen molar-refractivity contribution in [2.75, 3.05) is 11.9 Å². The van der Waals surface area contributed by atoms with Gasteiger partial charge >= 0.3 is 5.97 Å². The minimum atomic E-state index is -0.944. The molecule has 0 heterocycles. The first-order valence-corrected chi connectivity index (χ1v) is 7.06. The van der Waals surface area contributed by atoms with E-state index in [2.05, 4.69) is 10.6 Å². The van der Waals surface area contributed by atoms with Crippen molar-refractivity contribution < 1.29 is 14.7 Å². The summed E-state index contributed by atoms with van der Waals surface area (Å²) in [6.45, 7) is 9.47. The summed E-state index contributed by atoms with van der Waals surface area (Å²) in [6.07, 6.45) is 0. The number of rotatable bonds is 6. The molecule has 0 aliphatic carbocycles. The molecule has 116 valence electrons. The van der Waals surface area contributed by atoms with Gasteiger partial charge in [-0.15, -0.1) is 0 Å². The number of carboxylic acid groups (broad SMARTS) is 1. The third kappa shape index (κ3) is 4.86. The maximum atomic E-state index is 12.0. The second kappa shape index (κ2) is 7.22. The maximum absolute atomic E-state index is 12.0. The third-order valence-electron chi connectivity index (χ3n) is 3.36. The fourth-order valence-corrected chi connectivity index (χ4v) is 2.37. The van der Waals surface area contributed by atoms with Crippen molar-refractivity contribution in [2.24, 2.45) is 5.92 Å². The molecule has 0 aliphatic rings. The Morgan fingerprint density at radius 3 is 2.10 bits per heavy atom. The van der Waals surface area contributed by atoms with E-state index in [1.807, 2.05) is 32.9 Å². The lowest BCUT2D eigenvalue weighted by molar-refractivity contribution is -0.140. The minimum absolute atomic E-state index is 0.0259. The molecule has 1 aromatic rings. The van der Waals surface area contributed by atoms with Gasteiger partial charge in [0.25, 0.3) is 0 Å². The average molecular weight is 292 g/mol. The number of amides is 1. The van der Waals surface area contributed by atoms with Crippen molar-refractivity contribution in [3.05, 3.63) is 28.8 Å². The van der Waals surface area contributed by atoms with Gasteiger partial charge in [0.15, 0.2) is 0 Å². The summed E-state index contributed by atoms with van der Waals surface area (Å²) in [5, 5.41) is 14.7. The van der Waals surface area contributed by atoms with E-state index in [0.29, 0.717) is 0 Å². The molecule has 5 nitrogen and oxygen atoms in total. The molecule has 5 heteroatoms. The van der Waals surface area contributed by atoms with E-state index < -0.39 is 12.0 Å². The SMILES string of the molecule is Cc1cc(C)c(NC(=O)CNC(C(=O)O)C(C)C)c(C)c1. The Kier molecular flexibility index (Phi) is 5.90. The Hall–Kier alpha value is -1.88. The summed E-state index contributed by atoms with van der Waals surface area (Å²) in [5.41, 5.74) is 3.94. The standard InChI is InChI=1S/C16H24N2O3/c1-9(2)14(16(20)21)17-8-13(19)18-15-11(4)6-10(3)7-12(15)5/h6-7,9,14,17H,8H2,1-5H3,(H,18,19)(H,20,21). The van der Waals surface area contributed by atoms with E-state index in [9.17, 15) is 9.59 Å². The van der Waals surface area contributed by atoms with Gasteiger partial charge in [-0.3, -0.25) is 14.9 Å². The molecule has 0 bridgehead atoms. The van der Waals surface area contributed by atoms with Gasteiger partial charge in [-0.2, -0.15) is 0 Å². The number of hydrogen-bond donors (Lipinski definition) is 3. The number of aliphatic carboxylic acids is 1. The molecule has 21 heavy (non-hydrogen) atoms. The molecule has 0 spiro atoms. The minimum Gasteiger partial charge on any atom is -0.480 e. The highest BCUT2D eigenvalue weighted by Crippen LogP contribution is 2.21. The van der Waals surface area contributed by atoms with Crippen molar-refractivity contribution in [1.82, 2.24) is 5.32 Å².